The lowest BCUT2D eigenvalue weighted by Crippen LogP contribution is -2.60. The minimum atomic E-state index is -1.15. The lowest BCUT2D eigenvalue weighted by atomic mass is 10.1. The van der Waals surface area contributed by atoms with Crippen LogP contribution in [0.15, 0.2) is 12.1 Å². The molecule has 4 heteroatoms. The van der Waals surface area contributed by atoms with Crippen molar-refractivity contribution in [1.82, 2.24) is 0 Å². The molecule has 0 aliphatic carbocycles. The third kappa shape index (κ3) is 2.45. The van der Waals surface area contributed by atoms with E-state index in [9.17, 15) is 13.2 Å². The van der Waals surface area contributed by atoms with Crippen LogP contribution in [0.4, 0.5) is 13.2 Å². The molecule has 3 N–H and O–H groups in total. The van der Waals surface area contributed by atoms with Crippen LogP contribution in [0.3, 0.4) is 0 Å². The van der Waals surface area contributed by atoms with Gasteiger partial charge in [-0.25, -0.2) is 13.2 Å². The van der Waals surface area contributed by atoms with E-state index in [-0.39, 0.29) is 11.6 Å². The Labute approximate surface area is 74.4 Å². The molecule has 1 atom stereocenters. The first-order valence-corrected chi connectivity index (χ1v) is 3.97. The van der Waals surface area contributed by atoms with E-state index >= 15 is 0 Å². The Hall–Kier alpha value is -1.03. The van der Waals surface area contributed by atoms with Gasteiger partial charge in [0.25, 0.3) is 0 Å². The van der Waals surface area contributed by atoms with E-state index in [0.29, 0.717) is 12.5 Å². The van der Waals surface area contributed by atoms with E-state index in [1.54, 1.807) is 6.92 Å². The second-order valence-corrected chi connectivity index (χ2v) is 3.17. The molecule has 0 amide bonds. The van der Waals surface area contributed by atoms with Gasteiger partial charge in [-0.1, -0.05) is 0 Å². The second kappa shape index (κ2) is 3.79. The Morgan fingerprint density at radius 2 is 1.69 bits per heavy atom. The van der Waals surface area contributed by atoms with Gasteiger partial charge in [-0.05, 0) is 18.6 Å². The summed E-state index contributed by atoms with van der Waals surface area (Å²) in [7, 11) is 0. The molecular weight excluding hydrogens is 179 g/mol. The molecular formula is C9H11F3N+. The van der Waals surface area contributed by atoms with Gasteiger partial charge in [0, 0.05) is 12.5 Å². The van der Waals surface area contributed by atoms with E-state index < -0.39 is 17.5 Å². The van der Waals surface area contributed by atoms with Crippen molar-refractivity contribution in [2.75, 3.05) is 0 Å². The van der Waals surface area contributed by atoms with E-state index in [1.807, 2.05) is 0 Å². The van der Waals surface area contributed by atoms with Gasteiger partial charge in [0.2, 0.25) is 0 Å². The smallest absolute Gasteiger partial charge is 0.161 e. The second-order valence-electron chi connectivity index (χ2n) is 3.17. The molecule has 0 spiro atoms. The Balaban J connectivity index is 3.01. The molecule has 0 aliphatic heterocycles. The van der Waals surface area contributed by atoms with Crippen LogP contribution in [0.5, 0.6) is 0 Å². The molecule has 1 nitrogen and oxygen atoms in total. The fourth-order valence-corrected chi connectivity index (χ4v) is 1.10. The molecule has 0 radical (unpaired) electrons. The van der Waals surface area contributed by atoms with Gasteiger partial charge in [-0.2, -0.15) is 0 Å². The maximum absolute atomic E-state index is 13.0. The predicted octanol–water partition coefficient (Wildman–Crippen LogP) is 1.28. The summed E-state index contributed by atoms with van der Waals surface area (Å²) in [5, 5.41) is 0. The van der Waals surface area contributed by atoms with Gasteiger partial charge in [0.1, 0.15) is 5.82 Å². The molecule has 0 bridgehead atoms. The van der Waals surface area contributed by atoms with Gasteiger partial charge >= 0.3 is 0 Å². The molecule has 1 aromatic carbocycles. The van der Waals surface area contributed by atoms with Crippen molar-refractivity contribution >= 4 is 0 Å². The first-order valence-electron chi connectivity index (χ1n) is 3.97. The molecule has 0 heterocycles. The van der Waals surface area contributed by atoms with Gasteiger partial charge < -0.3 is 5.73 Å². The quantitative estimate of drug-likeness (QED) is 0.680. The maximum atomic E-state index is 13.0. The van der Waals surface area contributed by atoms with Crippen LogP contribution >= 0.6 is 0 Å². The monoisotopic (exact) mass is 190 g/mol. The summed E-state index contributed by atoms with van der Waals surface area (Å²) in [6.07, 6.45) is 0.309. The summed E-state index contributed by atoms with van der Waals surface area (Å²) in [5.41, 5.74) is 3.81. The van der Waals surface area contributed by atoms with Crippen molar-refractivity contribution in [3.05, 3.63) is 35.1 Å². The van der Waals surface area contributed by atoms with Gasteiger partial charge in [-0.15, -0.1) is 0 Å². The summed E-state index contributed by atoms with van der Waals surface area (Å²) in [5.74, 6) is -2.88. The van der Waals surface area contributed by atoms with Crippen molar-refractivity contribution in [2.45, 2.75) is 19.4 Å². The number of hydrogen-bond acceptors (Lipinski definition) is 0. The molecule has 0 saturated heterocycles. The van der Waals surface area contributed by atoms with Crippen LogP contribution in [0.1, 0.15) is 12.5 Å². The minimum Gasteiger partial charge on any atom is -0.355 e. The first-order chi connectivity index (χ1) is 6.00. The van der Waals surface area contributed by atoms with Crippen molar-refractivity contribution in [2.24, 2.45) is 0 Å². The third-order valence-corrected chi connectivity index (χ3v) is 1.66. The Kier molecular flexibility index (Phi) is 2.93. The summed E-state index contributed by atoms with van der Waals surface area (Å²) >= 11 is 0. The zero-order valence-corrected chi connectivity index (χ0v) is 7.28. The zero-order chi connectivity index (χ0) is 10.0. The molecule has 72 valence electrons. The van der Waals surface area contributed by atoms with Crippen LogP contribution in [0, 0.1) is 17.5 Å². The summed E-state index contributed by atoms with van der Waals surface area (Å²) in [6.45, 7) is 1.78. The fraction of sp³-hybridized carbons (Fsp3) is 0.333. The standard InChI is InChI=1S/C9H10F3N/c1-5(13)2-6-3-8(11)9(12)4-7(6)10/h3-5H,2,13H2,1H3/p+1. The highest BCUT2D eigenvalue weighted by atomic mass is 19.2. The number of halogens is 3. The van der Waals surface area contributed by atoms with E-state index in [2.05, 4.69) is 5.73 Å². The average molecular weight is 190 g/mol. The molecule has 1 rings (SSSR count). The van der Waals surface area contributed by atoms with E-state index in [0.717, 1.165) is 6.07 Å². The molecule has 13 heavy (non-hydrogen) atoms. The van der Waals surface area contributed by atoms with Gasteiger partial charge in [-0.3, -0.25) is 0 Å². The van der Waals surface area contributed by atoms with Crippen LogP contribution < -0.4 is 5.73 Å². The topological polar surface area (TPSA) is 27.6 Å². The molecule has 0 saturated carbocycles. The number of benzene rings is 1. The zero-order valence-electron chi connectivity index (χ0n) is 7.28. The van der Waals surface area contributed by atoms with Crippen molar-refractivity contribution in [3.8, 4) is 0 Å². The molecule has 1 aromatic rings. The molecule has 0 fully saturated rings. The SMILES string of the molecule is CC([NH3+])Cc1cc(F)c(F)cc1F. The number of hydrogen-bond donors (Lipinski definition) is 1. The molecule has 0 aromatic heterocycles. The number of quaternary nitrogens is 1. The van der Waals surface area contributed by atoms with Crippen molar-refractivity contribution in [3.63, 3.8) is 0 Å². The lowest BCUT2D eigenvalue weighted by Gasteiger charge is -2.04. The average Bonchev–Trinajstić information content (AvgIpc) is 1.99. The van der Waals surface area contributed by atoms with Crippen LogP contribution in [0.2, 0.25) is 0 Å². The van der Waals surface area contributed by atoms with Gasteiger partial charge in [0.15, 0.2) is 11.6 Å². The Morgan fingerprint density at radius 3 is 2.23 bits per heavy atom. The highest BCUT2D eigenvalue weighted by molar-refractivity contribution is 5.20. The van der Waals surface area contributed by atoms with E-state index in [1.165, 1.54) is 0 Å². The van der Waals surface area contributed by atoms with Crippen molar-refractivity contribution < 1.29 is 18.9 Å². The fourth-order valence-electron chi connectivity index (χ4n) is 1.10. The third-order valence-electron chi connectivity index (χ3n) is 1.66. The first kappa shape index (κ1) is 10.1. The molecule has 0 aliphatic rings. The highest BCUT2D eigenvalue weighted by Gasteiger charge is 2.11. The predicted molar refractivity (Wildman–Crippen MR) is 42.4 cm³/mol. The maximum Gasteiger partial charge on any atom is 0.161 e. The van der Waals surface area contributed by atoms with Crippen LogP contribution in [-0.2, 0) is 6.42 Å². The Morgan fingerprint density at radius 1 is 1.15 bits per heavy atom. The normalized spacial score (nSPS) is 13.0. The lowest BCUT2D eigenvalue weighted by molar-refractivity contribution is -0.413. The number of rotatable bonds is 2. The largest absolute Gasteiger partial charge is 0.355 e. The van der Waals surface area contributed by atoms with Crippen LogP contribution in [-0.4, -0.2) is 6.04 Å². The highest BCUT2D eigenvalue weighted by Crippen LogP contribution is 2.14. The van der Waals surface area contributed by atoms with Crippen LogP contribution in [0.25, 0.3) is 0 Å². The summed E-state index contributed by atoms with van der Waals surface area (Å²) < 4.78 is 38.1. The summed E-state index contributed by atoms with van der Waals surface area (Å²) in [6, 6.07) is 1.42. The minimum absolute atomic E-state index is 0.0284. The van der Waals surface area contributed by atoms with Gasteiger partial charge in [0.05, 0.1) is 6.04 Å². The summed E-state index contributed by atoms with van der Waals surface area (Å²) in [4.78, 5) is 0. The van der Waals surface area contributed by atoms with Crippen molar-refractivity contribution in [1.29, 1.82) is 0 Å². The Bertz CT molecular complexity index is 310. The van der Waals surface area contributed by atoms with E-state index in [4.69, 9.17) is 0 Å². The molecule has 1 unspecified atom stereocenters.